The number of esters is 1. The molecule has 1 rings (SSSR count). The second-order valence-corrected chi connectivity index (χ2v) is 14.3. The van der Waals surface area contributed by atoms with Gasteiger partial charge in [-0.3, -0.25) is 9.59 Å². The maximum atomic E-state index is 12.3. The van der Waals surface area contributed by atoms with E-state index in [1.54, 1.807) is 0 Å². The van der Waals surface area contributed by atoms with E-state index in [1.165, 1.54) is 109 Å². The van der Waals surface area contributed by atoms with E-state index in [2.05, 4.69) is 10.6 Å². The fraction of sp³-hybridized carbons (Fsp3) is 0.921. The van der Waals surface area contributed by atoms with Gasteiger partial charge in [0, 0.05) is 32.4 Å². The summed E-state index contributed by atoms with van der Waals surface area (Å²) < 4.78 is 16.9. The van der Waals surface area contributed by atoms with Crippen LogP contribution in [0.5, 0.6) is 0 Å². The third-order valence-electron chi connectivity index (χ3n) is 8.53. The number of hydrogen-bond donors (Lipinski definition) is 2. The highest BCUT2D eigenvalue weighted by Gasteiger charge is 2.16. The van der Waals surface area contributed by atoms with E-state index in [4.69, 9.17) is 14.2 Å². The van der Waals surface area contributed by atoms with E-state index in [1.807, 2.05) is 20.8 Å². The van der Waals surface area contributed by atoms with Gasteiger partial charge in [0.15, 0.2) is 0 Å². The molecule has 0 aromatic rings. The second kappa shape index (κ2) is 29.3. The van der Waals surface area contributed by atoms with Gasteiger partial charge in [-0.1, -0.05) is 122 Å². The minimum Gasteiger partial charge on any atom is -0.444 e. The van der Waals surface area contributed by atoms with Crippen LogP contribution in [0.25, 0.3) is 0 Å². The van der Waals surface area contributed by atoms with Crippen molar-refractivity contribution >= 4 is 18.0 Å². The van der Waals surface area contributed by atoms with Crippen LogP contribution in [-0.2, 0) is 23.8 Å². The largest absolute Gasteiger partial charge is 0.444 e. The predicted molar refractivity (Wildman–Crippen MR) is 188 cm³/mol. The lowest BCUT2D eigenvalue weighted by Gasteiger charge is -2.19. The molecule has 0 bridgehead atoms. The zero-order chi connectivity index (χ0) is 33.6. The smallest absolute Gasteiger partial charge is 0.407 e. The number of carbonyl (C=O) groups is 3. The van der Waals surface area contributed by atoms with Crippen LogP contribution in [-0.4, -0.2) is 49.6 Å². The summed E-state index contributed by atoms with van der Waals surface area (Å²) in [5.74, 6) is 0.0130. The van der Waals surface area contributed by atoms with E-state index in [0.29, 0.717) is 39.0 Å². The summed E-state index contributed by atoms with van der Waals surface area (Å²) in [5.41, 5.74) is -0.498. The summed E-state index contributed by atoms with van der Waals surface area (Å²) in [6.07, 6.45) is 29.8. The number of alkyl carbamates (subject to hydrolysis) is 1. The Hall–Kier alpha value is -1.83. The molecular formula is C38H72N2O6. The van der Waals surface area contributed by atoms with Crippen molar-refractivity contribution in [1.29, 1.82) is 0 Å². The van der Waals surface area contributed by atoms with Gasteiger partial charge in [-0.15, -0.1) is 0 Å². The summed E-state index contributed by atoms with van der Waals surface area (Å²) in [5, 5.41) is 5.64. The van der Waals surface area contributed by atoms with Crippen molar-refractivity contribution in [1.82, 2.24) is 10.6 Å². The van der Waals surface area contributed by atoms with Gasteiger partial charge in [0.1, 0.15) is 5.60 Å². The maximum absolute atomic E-state index is 12.3. The number of amides is 2. The number of hydrogen-bond acceptors (Lipinski definition) is 6. The lowest BCUT2D eigenvalue weighted by molar-refractivity contribution is -0.180. The zero-order valence-corrected chi connectivity index (χ0v) is 30.2. The van der Waals surface area contributed by atoms with Crippen LogP contribution in [0.3, 0.4) is 0 Å². The van der Waals surface area contributed by atoms with E-state index >= 15 is 0 Å². The number of rotatable bonds is 20. The van der Waals surface area contributed by atoms with E-state index in [9.17, 15) is 14.4 Å². The van der Waals surface area contributed by atoms with Gasteiger partial charge in [-0.05, 0) is 52.9 Å². The Morgan fingerprint density at radius 2 is 1.13 bits per heavy atom. The first-order valence-electron chi connectivity index (χ1n) is 19.3. The third kappa shape index (κ3) is 29.6. The highest BCUT2D eigenvalue weighted by molar-refractivity contribution is 5.75. The molecule has 0 aliphatic carbocycles. The van der Waals surface area contributed by atoms with Gasteiger partial charge in [0.25, 0.3) is 0 Å². The molecule has 1 saturated heterocycles. The van der Waals surface area contributed by atoms with Crippen LogP contribution in [0.4, 0.5) is 4.79 Å². The number of unbranched alkanes of at least 4 members (excludes halogenated alkanes) is 11. The van der Waals surface area contributed by atoms with Gasteiger partial charge in [-0.25, -0.2) is 4.79 Å². The molecule has 0 saturated carbocycles. The summed E-state index contributed by atoms with van der Waals surface area (Å²) >= 11 is 0. The van der Waals surface area contributed by atoms with E-state index in [0.717, 1.165) is 44.9 Å². The first kappa shape index (κ1) is 42.2. The minimum absolute atomic E-state index is 0.0841. The molecule has 46 heavy (non-hydrogen) atoms. The van der Waals surface area contributed by atoms with Crippen LogP contribution in [0.1, 0.15) is 194 Å². The van der Waals surface area contributed by atoms with Crippen molar-refractivity contribution in [2.24, 2.45) is 0 Å². The molecule has 270 valence electrons. The maximum Gasteiger partial charge on any atom is 0.407 e. The first-order valence-corrected chi connectivity index (χ1v) is 19.3. The van der Waals surface area contributed by atoms with Crippen LogP contribution >= 0.6 is 0 Å². The fourth-order valence-electron chi connectivity index (χ4n) is 5.83. The minimum atomic E-state index is -0.498. The molecule has 1 aliphatic rings. The predicted octanol–water partition coefficient (Wildman–Crippen LogP) is 10.1. The van der Waals surface area contributed by atoms with Crippen molar-refractivity contribution < 1.29 is 28.6 Å². The molecule has 8 heteroatoms. The molecule has 8 nitrogen and oxygen atoms in total. The monoisotopic (exact) mass is 653 g/mol. The highest BCUT2D eigenvalue weighted by atomic mass is 16.7. The van der Waals surface area contributed by atoms with Crippen molar-refractivity contribution in [3.63, 3.8) is 0 Å². The molecule has 1 aliphatic heterocycles. The molecule has 1 fully saturated rings. The topological polar surface area (TPSA) is 103 Å². The number of nitrogens with one attached hydrogen (secondary N) is 2. The van der Waals surface area contributed by atoms with Crippen molar-refractivity contribution in [2.45, 2.75) is 206 Å². The summed E-state index contributed by atoms with van der Waals surface area (Å²) in [6.45, 7) is 7.25. The van der Waals surface area contributed by atoms with Crippen molar-refractivity contribution in [3.8, 4) is 0 Å². The molecule has 0 aromatic heterocycles. The lowest BCUT2D eigenvalue weighted by atomic mass is 10.0. The van der Waals surface area contributed by atoms with Crippen molar-refractivity contribution in [3.05, 3.63) is 0 Å². The standard InChI is InChI=1S/C38H72N2O6/c1-38(2,3)46-37(43)40-32-27-31-39-34(41)28-23-19-15-11-7-4-5-10-14-18-22-26-33-44-36-30-25-21-17-13-9-6-8-12-16-20-24-29-35(42)45-36/h36H,4-33H2,1-3H3,(H,39,41)(H,40,43). The normalized spacial score (nSPS) is 17.6. The zero-order valence-electron chi connectivity index (χ0n) is 30.2. The van der Waals surface area contributed by atoms with E-state index < -0.39 is 11.7 Å². The second-order valence-electron chi connectivity index (χ2n) is 14.3. The lowest BCUT2D eigenvalue weighted by Crippen LogP contribution is -2.34. The summed E-state index contributed by atoms with van der Waals surface area (Å²) in [4.78, 5) is 35.9. The average molecular weight is 653 g/mol. The Kier molecular flexibility index (Phi) is 26.9. The quantitative estimate of drug-likeness (QED) is 0.100. The van der Waals surface area contributed by atoms with Gasteiger partial charge < -0.3 is 24.8 Å². The Morgan fingerprint density at radius 1 is 0.652 bits per heavy atom. The van der Waals surface area contributed by atoms with Crippen molar-refractivity contribution in [2.75, 3.05) is 19.7 Å². The van der Waals surface area contributed by atoms with Crippen LogP contribution in [0.2, 0.25) is 0 Å². The summed E-state index contributed by atoms with van der Waals surface area (Å²) in [6, 6.07) is 0. The fourth-order valence-corrected chi connectivity index (χ4v) is 5.83. The Labute approximate surface area is 282 Å². The third-order valence-corrected chi connectivity index (χ3v) is 8.53. The summed E-state index contributed by atoms with van der Waals surface area (Å²) in [7, 11) is 0. The SMILES string of the molecule is CC(C)(C)OC(=O)NCCCNC(=O)CCCCCCCCCCCCCCOC1CCCCCCCCCCCCCC(=O)O1. The molecule has 0 radical (unpaired) electrons. The molecule has 2 N–H and O–H groups in total. The van der Waals surface area contributed by atoms with Gasteiger partial charge in [0.2, 0.25) is 12.2 Å². The highest BCUT2D eigenvalue weighted by Crippen LogP contribution is 2.17. The van der Waals surface area contributed by atoms with Crippen LogP contribution in [0, 0.1) is 0 Å². The molecule has 1 heterocycles. The molecule has 1 unspecified atom stereocenters. The van der Waals surface area contributed by atoms with E-state index in [-0.39, 0.29) is 18.2 Å². The van der Waals surface area contributed by atoms with Crippen LogP contribution in [0.15, 0.2) is 0 Å². The Morgan fingerprint density at radius 3 is 1.70 bits per heavy atom. The van der Waals surface area contributed by atoms with Crippen LogP contribution < -0.4 is 10.6 Å². The average Bonchev–Trinajstić information content (AvgIpc) is 2.99. The molecule has 1 atom stereocenters. The van der Waals surface area contributed by atoms with Gasteiger partial charge in [-0.2, -0.15) is 0 Å². The molecule has 0 spiro atoms. The Bertz CT molecular complexity index is 754. The van der Waals surface area contributed by atoms with Gasteiger partial charge >= 0.3 is 12.1 Å². The van der Waals surface area contributed by atoms with Gasteiger partial charge in [0.05, 0.1) is 6.61 Å². The number of cyclic esters (lactones) is 1. The first-order chi connectivity index (χ1) is 22.3. The Balaban J connectivity index is 1.92. The number of ether oxygens (including phenoxy) is 3. The molecular weight excluding hydrogens is 580 g/mol. The molecule has 2 amide bonds. The molecule has 0 aromatic carbocycles. The number of carbonyl (C=O) groups excluding carboxylic acids is 3.